The molecule has 2 N–H and O–H groups in total. The second-order valence-corrected chi connectivity index (χ2v) is 5.59. The quantitative estimate of drug-likeness (QED) is 0.874. The molecule has 88 valence electrons. The van der Waals surface area contributed by atoms with Crippen molar-refractivity contribution in [3.8, 4) is 0 Å². The maximum atomic E-state index is 5.95. The molecule has 2 aromatic rings. The van der Waals surface area contributed by atoms with Crippen LogP contribution in [0.2, 0.25) is 0 Å². The summed E-state index contributed by atoms with van der Waals surface area (Å²) in [6.45, 7) is 2.05. The van der Waals surface area contributed by atoms with Crippen LogP contribution in [0, 0.1) is 0 Å². The standard InChI is InChI=1S/C14H15BrN2/c15-12-3-1-11-8-14(4-2-10(11)7-12)17-6-5-13(16)9-17/h1-4,7-8,13H,5-6,9,16H2. The van der Waals surface area contributed by atoms with Crippen LogP contribution < -0.4 is 10.6 Å². The summed E-state index contributed by atoms with van der Waals surface area (Å²) in [5.74, 6) is 0. The van der Waals surface area contributed by atoms with Crippen molar-refractivity contribution < 1.29 is 0 Å². The number of rotatable bonds is 1. The van der Waals surface area contributed by atoms with Gasteiger partial charge in [0.2, 0.25) is 0 Å². The summed E-state index contributed by atoms with van der Waals surface area (Å²) in [5, 5.41) is 2.55. The first-order chi connectivity index (χ1) is 8.22. The van der Waals surface area contributed by atoms with Gasteiger partial charge in [-0.15, -0.1) is 0 Å². The molecule has 3 heteroatoms. The lowest BCUT2D eigenvalue weighted by Crippen LogP contribution is -2.26. The van der Waals surface area contributed by atoms with Gasteiger partial charge in [0, 0.05) is 29.3 Å². The smallest absolute Gasteiger partial charge is 0.0373 e. The molecule has 0 spiro atoms. The lowest BCUT2D eigenvalue weighted by atomic mass is 10.1. The van der Waals surface area contributed by atoms with Crippen LogP contribution in [0.4, 0.5) is 5.69 Å². The third-order valence-electron chi connectivity index (χ3n) is 3.38. The molecule has 2 aromatic carbocycles. The number of halogens is 1. The molecule has 0 aliphatic carbocycles. The first-order valence-corrected chi connectivity index (χ1v) is 6.71. The van der Waals surface area contributed by atoms with Gasteiger partial charge in [-0.05, 0) is 41.5 Å². The zero-order valence-electron chi connectivity index (χ0n) is 9.57. The van der Waals surface area contributed by atoms with E-state index in [9.17, 15) is 0 Å². The maximum Gasteiger partial charge on any atom is 0.0373 e. The first-order valence-electron chi connectivity index (χ1n) is 5.92. The summed E-state index contributed by atoms with van der Waals surface area (Å²) < 4.78 is 1.13. The summed E-state index contributed by atoms with van der Waals surface area (Å²) in [6, 6.07) is 13.3. The first kappa shape index (κ1) is 11.1. The predicted octanol–water partition coefficient (Wildman–Crippen LogP) is 3.14. The minimum atomic E-state index is 0.329. The van der Waals surface area contributed by atoms with E-state index >= 15 is 0 Å². The highest BCUT2D eigenvalue weighted by atomic mass is 79.9. The maximum absolute atomic E-state index is 5.95. The van der Waals surface area contributed by atoms with Crippen LogP contribution in [0.1, 0.15) is 6.42 Å². The van der Waals surface area contributed by atoms with E-state index in [1.54, 1.807) is 0 Å². The van der Waals surface area contributed by atoms with Crippen molar-refractivity contribution in [2.24, 2.45) is 5.73 Å². The highest BCUT2D eigenvalue weighted by molar-refractivity contribution is 9.10. The largest absolute Gasteiger partial charge is 0.370 e. The Morgan fingerprint density at radius 3 is 2.65 bits per heavy atom. The number of anilines is 1. The van der Waals surface area contributed by atoms with Crippen LogP contribution in [-0.2, 0) is 0 Å². The second kappa shape index (κ2) is 4.31. The van der Waals surface area contributed by atoms with E-state index in [0.29, 0.717) is 6.04 Å². The molecule has 1 fully saturated rings. The zero-order chi connectivity index (χ0) is 11.8. The van der Waals surface area contributed by atoms with Crippen molar-refractivity contribution in [1.82, 2.24) is 0 Å². The van der Waals surface area contributed by atoms with Gasteiger partial charge < -0.3 is 10.6 Å². The molecule has 1 aliphatic rings. The number of fused-ring (bicyclic) bond motifs is 1. The molecule has 0 radical (unpaired) electrons. The van der Waals surface area contributed by atoms with Gasteiger partial charge in [0.05, 0.1) is 0 Å². The number of nitrogens with two attached hydrogens (primary N) is 1. The summed E-state index contributed by atoms with van der Waals surface area (Å²) in [6.07, 6.45) is 1.10. The molecule has 0 bridgehead atoms. The van der Waals surface area contributed by atoms with Crippen LogP contribution in [0.15, 0.2) is 40.9 Å². The normalized spacial score (nSPS) is 20.1. The molecule has 3 rings (SSSR count). The molecular weight excluding hydrogens is 276 g/mol. The zero-order valence-corrected chi connectivity index (χ0v) is 11.2. The molecule has 17 heavy (non-hydrogen) atoms. The summed E-state index contributed by atoms with van der Waals surface area (Å²) >= 11 is 3.50. The Balaban J connectivity index is 1.99. The van der Waals surface area contributed by atoms with Crippen molar-refractivity contribution in [2.75, 3.05) is 18.0 Å². The van der Waals surface area contributed by atoms with E-state index in [0.717, 1.165) is 24.0 Å². The molecule has 0 aromatic heterocycles. The lowest BCUT2D eigenvalue weighted by molar-refractivity contribution is 0.752. The van der Waals surface area contributed by atoms with Gasteiger partial charge in [-0.25, -0.2) is 0 Å². The fourth-order valence-corrected chi connectivity index (χ4v) is 2.80. The van der Waals surface area contributed by atoms with Crippen molar-refractivity contribution in [1.29, 1.82) is 0 Å². The molecular formula is C14H15BrN2. The van der Waals surface area contributed by atoms with Crippen LogP contribution in [0.3, 0.4) is 0 Å². The van der Waals surface area contributed by atoms with Gasteiger partial charge in [-0.2, -0.15) is 0 Å². The topological polar surface area (TPSA) is 29.3 Å². The van der Waals surface area contributed by atoms with Crippen LogP contribution in [-0.4, -0.2) is 19.1 Å². The highest BCUT2D eigenvalue weighted by Gasteiger charge is 2.19. The monoisotopic (exact) mass is 290 g/mol. The third kappa shape index (κ3) is 2.17. The number of benzene rings is 2. The number of nitrogens with zero attached hydrogens (tertiary/aromatic N) is 1. The molecule has 1 saturated heterocycles. The molecule has 0 amide bonds. The molecule has 1 atom stereocenters. The van der Waals surface area contributed by atoms with Crippen LogP contribution in [0.25, 0.3) is 10.8 Å². The second-order valence-electron chi connectivity index (χ2n) is 4.67. The molecule has 1 heterocycles. The van der Waals surface area contributed by atoms with Gasteiger partial charge in [0.1, 0.15) is 0 Å². The van der Waals surface area contributed by atoms with E-state index in [4.69, 9.17) is 5.73 Å². The lowest BCUT2D eigenvalue weighted by Gasteiger charge is -2.18. The van der Waals surface area contributed by atoms with Gasteiger partial charge in [0.25, 0.3) is 0 Å². The van der Waals surface area contributed by atoms with Gasteiger partial charge >= 0.3 is 0 Å². The number of hydrogen-bond acceptors (Lipinski definition) is 2. The Kier molecular flexibility index (Phi) is 2.81. The van der Waals surface area contributed by atoms with E-state index < -0.39 is 0 Å². The van der Waals surface area contributed by atoms with E-state index in [2.05, 4.69) is 57.2 Å². The SMILES string of the molecule is NC1CCN(c2ccc3cc(Br)ccc3c2)C1. The average molecular weight is 291 g/mol. The summed E-state index contributed by atoms with van der Waals surface area (Å²) in [7, 11) is 0. The van der Waals surface area contributed by atoms with Crippen molar-refractivity contribution in [3.05, 3.63) is 40.9 Å². The Bertz CT molecular complexity index is 553. The third-order valence-corrected chi connectivity index (χ3v) is 3.87. The molecule has 2 nitrogen and oxygen atoms in total. The van der Waals surface area contributed by atoms with Crippen molar-refractivity contribution >= 4 is 32.4 Å². The summed E-state index contributed by atoms with van der Waals surface area (Å²) in [5.41, 5.74) is 7.23. The van der Waals surface area contributed by atoms with E-state index in [1.807, 2.05) is 0 Å². The van der Waals surface area contributed by atoms with Crippen LogP contribution >= 0.6 is 15.9 Å². The van der Waals surface area contributed by atoms with Gasteiger partial charge in [0.15, 0.2) is 0 Å². The molecule has 0 saturated carbocycles. The Labute approximate surface area is 110 Å². The Morgan fingerprint density at radius 1 is 1.12 bits per heavy atom. The summed E-state index contributed by atoms with van der Waals surface area (Å²) in [4.78, 5) is 2.37. The van der Waals surface area contributed by atoms with Crippen molar-refractivity contribution in [2.45, 2.75) is 12.5 Å². The minimum Gasteiger partial charge on any atom is -0.370 e. The number of hydrogen-bond donors (Lipinski definition) is 1. The van der Waals surface area contributed by atoms with Gasteiger partial charge in [-0.3, -0.25) is 0 Å². The minimum absolute atomic E-state index is 0.329. The van der Waals surface area contributed by atoms with E-state index in [1.165, 1.54) is 16.5 Å². The fraction of sp³-hybridized carbons (Fsp3) is 0.286. The fourth-order valence-electron chi connectivity index (χ4n) is 2.42. The van der Waals surface area contributed by atoms with E-state index in [-0.39, 0.29) is 0 Å². The average Bonchev–Trinajstić information content (AvgIpc) is 2.75. The predicted molar refractivity (Wildman–Crippen MR) is 76.5 cm³/mol. The van der Waals surface area contributed by atoms with Gasteiger partial charge in [-0.1, -0.05) is 28.1 Å². The Morgan fingerprint density at radius 2 is 1.88 bits per heavy atom. The van der Waals surface area contributed by atoms with Crippen molar-refractivity contribution in [3.63, 3.8) is 0 Å². The molecule has 1 aliphatic heterocycles. The molecule has 1 unspecified atom stereocenters. The van der Waals surface area contributed by atoms with Crippen LogP contribution in [0.5, 0.6) is 0 Å². The Hall–Kier alpha value is -1.06. The highest BCUT2D eigenvalue weighted by Crippen LogP contribution is 2.26.